The van der Waals surface area contributed by atoms with E-state index in [-0.39, 0.29) is 0 Å². The van der Waals surface area contributed by atoms with Crippen LogP contribution < -0.4 is 0 Å². The van der Waals surface area contributed by atoms with Crippen molar-refractivity contribution < 1.29 is 0 Å². The van der Waals surface area contributed by atoms with Crippen LogP contribution in [0.2, 0.25) is 0 Å². The predicted molar refractivity (Wildman–Crippen MR) is 127 cm³/mol. The average Bonchev–Trinajstić information content (AvgIpc) is 2.76. The van der Waals surface area contributed by atoms with Crippen LogP contribution in [0.4, 0.5) is 0 Å². The number of hydrogen-bond donors (Lipinski definition) is 0. The van der Waals surface area contributed by atoms with E-state index in [1.54, 1.807) is 5.56 Å². The molecule has 2 heteroatoms. The van der Waals surface area contributed by atoms with Gasteiger partial charge in [-0.1, -0.05) is 0 Å². The molecule has 0 radical (unpaired) electrons. The van der Waals surface area contributed by atoms with Crippen molar-refractivity contribution in [3.05, 3.63) is 35.9 Å². The summed E-state index contributed by atoms with van der Waals surface area (Å²) in [6.45, 7) is 0. The van der Waals surface area contributed by atoms with E-state index in [0.717, 1.165) is 17.0 Å². The fraction of sp³-hybridized carbons (Fsp3) is 0.760. The zero-order valence-corrected chi connectivity index (χ0v) is 19.7. The van der Waals surface area contributed by atoms with Gasteiger partial charge in [0.25, 0.3) is 0 Å². The number of benzene rings is 1. The van der Waals surface area contributed by atoms with Crippen molar-refractivity contribution >= 4 is 20.8 Å². The van der Waals surface area contributed by atoms with Gasteiger partial charge in [-0.3, -0.25) is 0 Å². The van der Waals surface area contributed by atoms with Gasteiger partial charge in [-0.15, -0.1) is 0 Å². The van der Waals surface area contributed by atoms with Crippen molar-refractivity contribution in [1.82, 2.24) is 0 Å². The first-order chi connectivity index (χ1) is 13.2. The third-order valence-electron chi connectivity index (χ3n) is 8.54. The van der Waals surface area contributed by atoms with Crippen LogP contribution in [-0.2, 0) is 6.16 Å². The molecule has 0 aliphatic heterocycles. The predicted octanol–water partition coefficient (Wildman–Crippen LogP) is 9.05. The summed E-state index contributed by atoms with van der Waals surface area (Å²) in [6.07, 6.45) is 23.9. The summed E-state index contributed by atoms with van der Waals surface area (Å²) in [7, 11) is 0. The molecule has 0 aromatic heterocycles. The average molecular weight is 451 g/mol. The summed E-state index contributed by atoms with van der Waals surface area (Å²) in [5, 5.41) is -2.04. The van der Waals surface area contributed by atoms with Crippen molar-refractivity contribution in [2.45, 2.75) is 119 Å². The van der Waals surface area contributed by atoms with E-state index in [0.29, 0.717) is 0 Å². The molecule has 3 aliphatic rings. The van der Waals surface area contributed by atoms with Crippen LogP contribution in [-0.4, -0.2) is 17.0 Å². The molecule has 0 N–H and O–H groups in total. The molecule has 152 valence electrons. The molecule has 1 aromatic rings. The van der Waals surface area contributed by atoms with Gasteiger partial charge in [-0.05, 0) is 0 Å². The summed E-state index contributed by atoms with van der Waals surface area (Å²) >= 11 is 4.95. The number of hydrogen-bond acceptors (Lipinski definition) is 0. The summed E-state index contributed by atoms with van der Waals surface area (Å²) in [5.74, 6) is 0. The molecule has 1 aromatic carbocycles. The molecular formula is C25H40BrP. The Hall–Kier alpha value is 0.130. The van der Waals surface area contributed by atoms with Gasteiger partial charge in [0.2, 0.25) is 0 Å². The molecule has 0 saturated heterocycles. The molecule has 0 amide bonds. The quantitative estimate of drug-likeness (QED) is 0.392. The van der Waals surface area contributed by atoms with Crippen LogP contribution in [0.1, 0.15) is 102 Å². The number of rotatable bonds is 5. The van der Waals surface area contributed by atoms with E-state index in [1.165, 1.54) is 102 Å². The summed E-state index contributed by atoms with van der Waals surface area (Å²) in [6, 6.07) is 11.7. The Morgan fingerprint density at radius 3 is 1.33 bits per heavy atom. The van der Waals surface area contributed by atoms with Gasteiger partial charge >= 0.3 is 176 Å². The molecule has 0 atom stereocenters. The van der Waals surface area contributed by atoms with Crippen molar-refractivity contribution in [1.29, 1.82) is 0 Å². The van der Waals surface area contributed by atoms with Gasteiger partial charge in [-0.25, -0.2) is 0 Å². The van der Waals surface area contributed by atoms with Crippen molar-refractivity contribution in [2.24, 2.45) is 0 Å². The summed E-state index contributed by atoms with van der Waals surface area (Å²) < 4.78 is 0. The van der Waals surface area contributed by atoms with Crippen LogP contribution in [0.25, 0.3) is 0 Å². The second-order valence-electron chi connectivity index (χ2n) is 9.93. The van der Waals surface area contributed by atoms with Crippen molar-refractivity contribution in [2.75, 3.05) is 0 Å². The van der Waals surface area contributed by atoms with Crippen LogP contribution in [0.5, 0.6) is 0 Å². The molecule has 3 saturated carbocycles. The van der Waals surface area contributed by atoms with Gasteiger partial charge in [0.1, 0.15) is 0 Å². The van der Waals surface area contributed by atoms with Gasteiger partial charge in [-0.2, -0.15) is 0 Å². The second kappa shape index (κ2) is 8.87. The third-order valence-corrected chi connectivity index (χ3v) is 22.0. The third kappa shape index (κ3) is 3.94. The van der Waals surface area contributed by atoms with Crippen molar-refractivity contribution in [3.63, 3.8) is 0 Å². The second-order valence-corrected chi connectivity index (χ2v) is 20.4. The minimum atomic E-state index is -2.04. The van der Waals surface area contributed by atoms with Crippen LogP contribution in [0, 0.1) is 0 Å². The van der Waals surface area contributed by atoms with E-state index in [9.17, 15) is 0 Å². The fourth-order valence-electron chi connectivity index (χ4n) is 7.23. The minimum absolute atomic E-state index is 0.996. The Labute approximate surface area is 175 Å². The Morgan fingerprint density at radius 2 is 0.963 bits per heavy atom. The fourth-order valence-corrected chi connectivity index (χ4v) is 19.9. The summed E-state index contributed by atoms with van der Waals surface area (Å²) in [4.78, 5) is 0. The molecule has 0 bridgehead atoms. The Balaban J connectivity index is 1.80. The van der Waals surface area contributed by atoms with Gasteiger partial charge in [0, 0.05) is 0 Å². The van der Waals surface area contributed by atoms with Crippen molar-refractivity contribution in [3.8, 4) is 0 Å². The van der Waals surface area contributed by atoms with Crippen LogP contribution in [0.3, 0.4) is 0 Å². The maximum atomic E-state index is 4.95. The molecule has 0 heterocycles. The van der Waals surface area contributed by atoms with Gasteiger partial charge < -0.3 is 0 Å². The van der Waals surface area contributed by atoms with E-state index >= 15 is 0 Å². The molecule has 0 nitrogen and oxygen atoms in total. The molecule has 3 aliphatic carbocycles. The van der Waals surface area contributed by atoms with Crippen LogP contribution >= 0.6 is 20.8 Å². The zero-order chi connectivity index (χ0) is 18.6. The Bertz CT molecular complexity index is 531. The molecule has 0 spiro atoms. The van der Waals surface area contributed by atoms with E-state index in [4.69, 9.17) is 15.5 Å². The monoisotopic (exact) mass is 450 g/mol. The van der Waals surface area contributed by atoms with Gasteiger partial charge in [0.05, 0.1) is 0 Å². The molecular weight excluding hydrogens is 411 g/mol. The first kappa shape index (κ1) is 20.4. The topological polar surface area (TPSA) is 0 Å². The number of halogens is 1. The standard InChI is InChI=1S/C25H40BrP/c26-27(23-15-7-2-8-16-23,24-17-9-3-10-18-24,25-19-11-4-12-20-25)21-22-13-5-1-6-14-22/h1,5-6,13-14,23-25H,2-4,7-12,15-21H2. The van der Waals surface area contributed by atoms with E-state index < -0.39 is 5.31 Å². The first-order valence-electron chi connectivity index (χ1n) is 12.0. The molecule has 3 fully saturated rings. The van der Waals surface area contributed by atoms with E-state index in [1.807, 2.05) is 0 Å². The van der Waals surface area contributed by atoms with E-state index in [2.05, 4.69) is 30.3 Å². The SMILES string of the molecule is BrP(Cc1ccccc1)(C1CCCCC1)(C1CCCCC1)C1CCCCC1. The van der Waals surface area contributed by atoms with Crippen LogP contribution in [0.15, 0.2) is 30.3 Å². The van der Waals surface area contributed by atoms with Gasteiger partial charge in [0.15, 0.2) is 0 Å². The molecule has 4 rings (SSSR count). The Morgan fingerprint density at radius 1 is 0.593 bits per heavy atom. The molecule has 0 unspecified atom stereocenters. The first-order valence-corrected chi connectivity index (χ1v) is 16.6. The molecule has 27 heavy (non-hydrogen) atoms. The summed E-state index contributed by atoms with van der Waals surface area (Å²) in [5.41, 5.74) is 4.62. The maximum absolute atomic E-state index is 4.95. The normalized spacial score (nSPS) is 25.7. The zero-order valence-electron chi connectivity index (χ0n) is 17.3. The Kier molecular flexibility index (Phi) is 6.70.